The Kier molecular flexibility index (Phi) is 2.99. The number of rotatable bonds is 3. The molecule has 2 amide bonds. The van der Waals surface area contributed by atoms with E-state index in [4.69, 9.17) is 5.11 Å². The summed E-state index contributed by atoms with van der Waals surface area (Å²) >= 11 is 0. The number of carboxylic acid groups (broad SMARTS) is 1. The highest BCUT2D eigenvalue weighted by Crippen LogP contribution is 2.55. The number of nitrogens with one attached hydrogen (secondary N) is 2. The number of hydrogen-bond donors (Lipinski definition) is 3. The SMILES string of the molecule is CC(C)(NC(=O)NC12CC3CC(CC(C3)C1)C2)C(=O)O. The molecule has 0 heterocycles. The third-order valence-electron chi connectivity index (χ3n) is 5.38. The number of urea groups is 1. The molecule has 4 fully saturated rings. The Morgan fingerprint density at radius 2 is 1.50 bits per heavy atom. The molecule has 4 bridgehead atoms. The number of hydrogen-bond acceptors (Lipinski definition) is 2. The van der Waals surface area contributed by atoms with E-state index in [9.17, 15) is 9.59 Å². The standard InChI is InChI=1S/C15H24N2O3/c1-14(2,12(18)19)16-13(20)17-15-6-9-3-10(7-15)5-11(4-9)8-15/h9-11H,3-8H2,1-2H3,(H,18,19)(H2,16,17,20). The van der Waals surface area contributed by atoms with Crippen LogP contribution < -0.4 is 10.6 Å². The van der Waals surface area contributed by atoms with Crippen LogP contribution in [0.3, 0.4) is 0 Å². The molecule has 5 nitrogen and oxygen atoms in total. The Morgan fingerprint density at radius 3 is 1.90 bits per heavy atom. The predicted molar refractivity (Wildman–Crippen MR) is 74.3 cm³/mol. The lowest BCUT2D eigenvalue weighted by atomic mass is 9.53. The van der Waals surface area contributed by atoms with Crippen LogP contribution in [0, 0.1) is 17.8 Å². The van der Waals surface area contributed by atoms with Gasteiger partial charge in [0.2, 0.25) is 0 Å². The molecular formula is C15H24N2O3. The molecule has 0 saturated heterocycles. The van der Waals surface area contributed by atoms with Gasteiger partial charge in [0.25, 0.3) is 0 Å². The van der Waals surface area contributed by atoms with Crippen LogP contribution >= 0.6 is 0 Å². The summed E-state index contributed by atoms with van der Waals surface area (Å²) in [6.45, 7) is 3.02. The maximum absolute atomic E-state index is 12.2. The van der Waals surface area contributed by atoms with Gasteiger partial charge in [-0.3, -0.25) is 0 Å². The largest absolute Gasteiger partial charge is 0.480 e. The highest BCUT2D eigenvalue weighted by molar-refractivity contribution is 5.85. The van der Waals surface area contributed by atoms with Crippen molar-refractivity contribution >= 4 is 12.0 Å². The minimum absolute atomic E-state index is 0.0760. The lowest BCUT2D eigenvalue weighted by Gasteiger charge is -2.56. The van der Waals surface area contributed by atoms with Gasteiger partial charge in [0.05, 0.1) is 0 Å². The zero-order valence-electron chi connectivity index (χ0n) is 12.2. The molecule has 4 aliphatic carbocycles. The summed E-state index contributed by atoms with van der Waals surface area (Å²) in [5, 5.41) is 14.8. The van der Waals surface area contributed by atoms with E-state index in [0.29, 0.717) is 0 Å². The predicted octanol–water partition coefficient (Wildman–Crippen LogP) is 2.12. The van der Waals surface area contributed by atoms with E-state index in [-0.39, 0.29) is 11.6 Å². The van der Waals surface area contributed by atoms with Crippen molar-refractivity contribution in [2.24, 2.45) is 17.8 Å². The molecule has 20 heavy (non-hydrogen) atoms. The van der Waals surface area contributed by atoms with Crippen LogP contribution in [0.4, 0.5) is 4.79 Å². The van der Waals surface area contributed by atoms with Crippen LogP contribution in [0.5, 0.6) is 0 Å². The normalized spacial score (nSPS) is 38.6. The average molecular weight is 280 g/mol. The first kappa shape index (κ1) is 13.7. The third kappa shape index (κ3) is 2.38. The molecule has 0 unspecified atom stereocenters. The summed E-state index contributed by atoms with van der Waals surface area (Å²) in [6.07, 6.45) is 7.18. The first-order valence-corrected chi connectivity index (χ1v) is 7.62. The molecule has 4 aliphatic rings. The van der Waals surface area contributed by atoms with Crippen molar-refractivity contribution in [1.29, 1.82) is 0 Å². The van der Waals surface area contributed by atoms with Crippen molar-refractivity contribution in [3.05, 3.63) is 0 Å². The van der Waals surface area contributed by atoms with E-state index in [1.165, 1.54) is 33.1 Å². The van der Waals surface area contributed by atoms with Crippen LogP contribution in [-0.4, -0.2) is 28.2 Å². The first-order chi connectivity index (χ1) is 9.28. The average Bonchev–Trinajstić information content (AvgIpc) is 2.24. The summed E-state index contributed by atoms with van der Waals surface area (Å²) in [5.41, 5.74) is -1.31. The Balaban J connectivity index is 1.66. The molecule has 5 heteroatoms. The number of amides is 2. The molecular weight excluding hydrogens is 256 g/mol. The van der Waals surface area contributed by atoms with Crippen molar-refractivity contribution < 1.29 is 14.7 Å². The highest BCUT2D eigenvalue weighted by atomic mass is 16.4. The molecule has 4 saturated carbocycles. The van der Waals surface area contributed by atoms with Gasteiger partial charge >= 0.3 is 12.0 Å². The lowest BCUT2D eigenvalue weighted by molar-refractivity contribution is -0.143. The second kappa shape index (κ2) is 4.37. The van der Waals surface area contributed by atoms with Gasteiger partial charge in [0.15, 0.2) is 0 Å². The Hall–Kier alpha value is -1.26. The summed E-state index contributed by atoms with van der Waals surface area (Å²) in [6, 6.07) is -0.334. The van der Waals surface area contributed by atoms with Gasteiger partial charge in [-0.05, 0) is 70.1 Å². The molecule has 0 aromatic heterocycles. The van der Waals surface area contributed by atoms with E-state index in [0.717, 1.165) is 37.0 Å². The molecule has 112 valence electrons. The fraction of sp³-hybridized carbons (Fsp3) is 0.867. The maximum atomic E-state index is 12.2. The van der Waals surface area contributed by atoms with Crippen LogP contribution in [0.25, 0.3) is 0 Å². The minimum atomic E-state index is -1.23. The van der Waals surface area contributed by atoms with Crippen LogP contribution in [0.2, 0.25) is 0 Å². The van der Waals surface area contributed by atoms with Crippen molar-refractivity contribution in [2.45, 2.75) is 63.5 Å². The van der Waals surface area contributed by atoms with E-state index >= 15 is 0 Å². The molecule has 0 radical (unpaired) electrons. The summed E-state index contributed by atoms with van der Waals surface area (Å²) in [4.78, 5) is 23.2. The maximum Gasteiger partial charge on any atom is 0.328 e. The molecule has 0 aromatic carbocycles. The third-order valence-corrected chi connectivity index (χ3v) is 5.38. The fourth-order valence-electron chi connectivity index (χ4n) is 4.87. The monoisotopic (exact) mass is 280 g/mol. The second-order valence-corrected chi connectivity index (χ2v) is 7.71. The van der Waals surface area contributed by atoms with Crippen molar-refractivity contribution in [2.75, 3.05) is 0 Å². The number of carbonyl (C=O) groups excluding carboxylic acids is 1. The zero-order valence-corrected chi connectivity index (χ0v) is 12.2. The Morgan fingerprint density at radius 1 is 1.05 bits per heavy atom. The van der Waals surface area contributed by atoms with Gasteiger partial charge in [0.1, 0.15) is 5.54 Å². The minimum Gasteiger partial charge on any atom is -0.480 e. The van der Waals surface area contributed by atoms with Gasteiger partial charge in [0, 0.05) is 5.54 Å². The lowest BCUT2D eigenvalue weighted by Crippen LogP contribution is -2.64. The summed E-state index contributed by atoms with van der Waals surface area (Å²) < 4.78 is 0. The molecule has 0 atom stereocenters. The molecule has 0 spiro atoms. The first-order valence-electron chi connectivity index (χ1n) is 7.62. The highest BCUT2D eigenvalue weighted by Gasteiger charge is 2.51. The van der Waals surface area contributed by atoms with Gasteiger partial charge in [-0.25, -0.2) is 9.59 Å². The van der Waals surface area contributed by atoms with Crippen LogP contribution in [0.15, 0.2) is 0 Å². The van der Waals surface area contributed by atoms with Crippen LogP contribution in [-0.2, 0) is 4.79 Å². The Bertz CT molecular complexity index is 409. The Labute approximate surface area is 119 Å². The van der Waals surface area contributed by atoms with E-state index in [2.05, 4.69) is 10.6 Å². The summed E-state index contributed by atoms with van der Waals surface area (Å²) in [7, 11) is 0. The molecule has 0 aromatic rings. The van der Waals surface area contributed by atoms with Crippen molar-refractivity contribution in [1.82, 2.24) is 10.6 Å². The van der Waals surface area contributed by atoms with Crippen LogP contribution in [0.1, 0.15) is 52.4 Å². The number of aliphatic carboxylic acids is 1. The van der Waals surface area contributed by atoms with Crippen molar-refractivity contribution in [3.63, 3.8) is 0 Å². The van der Waals surface area contributed by atoms with Gasteiger partial charge in [-0.2, -0.15) is 0 Å². The van der Waals surface area contributed by atoms with Crippen molar-refractivity contribution in [3.8, 4) is 0 Å². The molecule has 0 aliphatic heterocycles. The van der Waals surface area contributed by atoms with Gasteiger partial charge < -0.3 is 15.7 Å². The van der Waals surface area contributed by atoms with E-state index < -0.39 is 11.5 Å². The smallest absolute Gasteiger partial charge is 0.328 e. The number of carboxylic acids is 1. The molecule has 3 N–H and O–H groups in total. The van der Waals surface area contributed by atoms with Gasteiger partial charge in [-0.1, -0.05) is 0 Å². The topological polar surface area (TPSA) is 78.4 Å². The quantitative estimate of drug-likeness (QED) is 0.741. The van der Waals surface area contributed by atoms with E-state index in [1.54, 1.807) is 0 Å². The van der Waals surface area contributed by atoms with E-state index in [1.807, 2.05) is 0 Å². The zero-order chi connectivity index (χ0) is 14.5. The van der Waals surface area contributed by atoms with Gasteiger partial charge in [-0.15, -0.1) is 0 Å². The second-order valence-electron chi connectivity index (χ2n) is 7.71. The summed E-state index contributed by atoms with van der Waals surface area (Å²) in [5.74, 6) is 1.26. The molecule has 4 rings (SSSR count). The number of carbonyl (C=O) groups is 2. The fourth-order valence-corrected chi connectivity index (χ4v) is 4.87.